The van der Waals surface area contributed by atoms with E-state index in [4.69, 9.17) is 4.74 Å². The van der Waals surface area contributed by atoms with Gasteiger partial charge in [-0.2, -0.15) is 0 Å². The maximum atomic E-state index is 6.30. The molecule has 0 saturated heterocycles. The Hall–Kier alpha value is -5.02. The van der Waals surface area contributed by atoms with Gasteiger partial charge in [-0.25, -0.2) is 0 Å². The monoisotopic (exact) mass is 488 g/mol. The highest BCUT2D eigenvalue weighted by molar-refractivity contribution is 6.09. The van der Waals surface area contributed by atoms with Crippen LogP contribution in [0, 0.1) is 0 Å². The lowest BCUT2D eigenvalue weighted by Crippen LogP contribution is -2.23. The summed E-state index contributed by atoms with van der Waals surface area (Å²) in [5.41, 5.74) is 9.48. The van der Waals surface area contributed by atoms with Crippen LogP contribution in [0.4, 0.5) is 17.1 Å². The highest BCUT2D eigenvalue weighted by Gasteiger charge is 2.31. The topological polar surface area (TPSA) is 24.5 Å². The predicted octanol–water partition coefficient (Wildman–Crippen LogP) is 9.54. The van der Waals surface area contributed by atoms with Crippen LogP contribution in [0.5, 0.6) is 11.5 Å². The molecule has 0 fully saturated rings. The molecule has 6 aromatic rings. The van der Waals surface area contributed by atoms with Gasteiger partial charge in [0.1, 0.15) is 17.7 Å². The summed E-state index contributed by atoms with van der Waals surface area (Å²) in [6.45, 7) is 0. The van der Waals surface area contributed by atoms with Crippen molar-refractivity contribution in [1.29, 1.82) is 0 Å². The summed E-state index contributed by atoms with van der Waals surface area (Å²) in [6, 6.07) is 47.2. The van der Waals surface area contributed by atoms with Gasteiger partial charge >= 0.3 is 0 Å². The Morgan fingerprint density at radius 1 is 0.553 bits per heavy atom. The average molecular weight is 489 g/mol. The third kappa shape index (κ3) is 3.15. The molecular weight excluding hydrogens is 464 g/mol. The van der Waals surface area contributed by atoms with Crippen LogP contribution in [0.1, 0.15) is 11.7 Å². The summed E-state index contributed by atoms with van der Waals surface area (Å²) in [4.78, 5) is 2.39. The first-order chi connectivity index (χ1) is 18.8. The van der Waals surface area contributed by atoms with Crippen LogP contribution in [0.15, 0.2) is 133 Å². The molecule has 0 saturated carbocycles. The molecule has 180 valence electrons. The molecule has 3 heteroatoms. The minimum absolute atomic E-state index is 0.0391. The van der Waals surface area contributed by atoms with E-state index in [1.165, 1.54) is 38.7 Å². The van der Waals surface area contributed by atoms with Crippen molar-refractivity contribution < 1.29 is 4.74 Å². The first-order valence-electron chi connectivity index (χ1n) is 13.0. The zero-order valence-electron chi connectivity index (χ0n) is 20.6. The van der Waals surface area contributed by atoms with Gasteiger partial charge in [0.2, 0.25) is 0 Å². The maximum Gasteiger partial charge on any atom is 0.135 e. The molecule has 6 aromatic carbocycles. The van der Waals surface area contributed by atoms with Crippen molar-refractivity contribution in [3.8, 4) is 33.8 Å². The molecule has 1 atom stereocenters. The molecule has 0 radical (unpaired) electrons. The van der Waals surface area contributed by atoms with E-state index in [0.717, 1.165) is 28.4 Å². The standard InChI is InChI=1S/C35H24N2O/c1-2-9-24(10-3-1)35-36-30-14-5-6-15-31(30)37(35)25-19-17-23(18-20-25)26-21-22-33-34-28(26)12-8-13-29(34)27-11-4-7-16-32(27)38-33/h1-22,35-36H. The van der Waals surface area contributed by atoms with Crippen LogP contribution in [-0.2, 0) is 0 Å². The summed E-state index contributed by atoms with van der Waals surface area (Å²) in [5.74, 6) is 1.83. The number of hydrogen-bond donors (Lipinski definition) is 1. The second kappa shape index (κ2) is 8.25. The van der Waals surface area contributed by atoms with Crippen LogP contribution in [0.2, 0.25) is 0 Å². The molecule has 1 unspecified atom stereocenters. The van der Waals surface area contributed by atoms with Gasteiger partial charge in [0.15, 0.2) is 0 Å². The summed E-state index contributed by atoms with van der Waals surface area (Å²) in [6.07, 6.45) is 0.0391. The van der Waals surface area contributed by atoms with E-state index in [-0.39, 0.29) is 6.17 Å². The molecule has 0 bridgehead atoms. The van der Waals surface area contributed by atoms with Gasteiger partial charge in [0.05, 0.1) is 11.4 Å². The van der Waals surface area contributed by atoms with Crippen molar-refractivity contribution in [2.24, 2.45) is 0 Å². The Kier molecular flexibility index (Phi) is 4.58. The lowest BCUT2D eigenvalue weighted by Gasteiger charge is -2.27. The zero-order valence-corrected chi connectivity index (χ0v) is 20.6. The first kappa shape index (κ1) is 21.1. The highest BCUT2D eigenvalue weighted by atomic mass is 16.5. The van der Waals surface area contributed by atoms with Crippen LogP contribution in [0.3, 0.4) is 0 Å². The van der Waals surface area contributed by atoms with Crippen molar-refractivity contribution in [3.63, 3.8) is 0 Å². The normalized spacial score (nSPS) is 14.9. The number of benzene rings is 6. The Labute approximate surface area is 221 Å². The second-order valence-corrected chi connectivity index (χ2v) is 9.83. The third-order valence-electron chi connectivity index (χ3n) is 7.69. The number of anilines is 3. The molecule has 0 aliphatic carbocycles. The van der Waals surface area contributed by atoms with Crippen LogP contribution in [0.25, 0.3) is 33.0 Å². The molecule has 38 heavy (non-hydrogen) atoms. The van der Waals surface area contributed by atoms with E-state index in [0.29, 0.717) is 0 Å². The molecule has 2 aliphatic rings. The minimum atomic E-state index is 0.0391. The molecule has 2 heterocycles. The smallest absolute Gasteiger partial charge is 0.135 e. The van der Waals surface area contributed by atoms with Gasteiger partial charge < -0.3 is 15.0 Å². The van der Waals surface area contributed by atoms with Gasteiger partial charge in [-0.05, 0) is 64.0 Å². The van der Waals surface area contributed by atoms with Crippen LogP contribution in [-0.4, -0.2) is 0 Å². The van der Waals surface area contributed by atoms with Gasteiger partial charge in [0.25, 0.3) is 0 Å². The van der Waals surface area contributed by atoms with E-state index in [9.17, 15) is 0 Å². The lowest BCUT2D eigenvalue weighted by molar-refractivity contribution is 0.487. The number of nitrogens with one attached hydrogen (secondary N) is 1. The fraction of sp³-hybridized carbons (Fsp3) is 0.0286. The molecular formula is C35H24N2O. The second-order valence-electron chi connectivity index (χ2n) is 9.83. The minimum Gasteiger partial charge on any atom is -0.456 e. The number of para-hydroxylation sites is 3. The summed E-state index contributed by atoms with van der Waals surface area (Å²) < 4.78 is 6.30. The Bertz CT molecular complexity index is 1830. The van der Waals surface area contributed by atoms with Crippen molar-refractivity contribution in [2.45, 2.75) is 6.17 Å². The fourth-order valence-electron chi connectivity index (χ4n) is 5.95. The molecule has 1 N–H and O–H groups in total. The highest BCUT2D eigenvalue weighted by Crippen LogP contribution is 2.49. The number of fused-ring (bicyclic) bond motifs is 3. The number of rotatable bonds is 3. The van der Waals surface area contributed by atoms with Crippen molar-refractivity contribution >= 4 is 27.8 Å². The fourth-order valence-corrected chi connectivity index (χ4v) is 5.95. The molecule has 0 spiro atoms. The number of hydrogen-bond acceptors (Lipinski definition) is 3. The number of ether oxygens (including phenoxy) is 1. The molecule has 3 nitrogen and oxygen atoms in total. The zero-order chi connectivity index (χ0) is 25.1. The van der Waals surface area contributed by atoms with E-state index < -0.39 is 0 Å². The Balaban J connectivity index is 1.23. The van der Waals surface area contributed by atoms with E-state index in [1.54, 1.807) is 0 Å². The third-order valence-corrected chi connectivity index (χ3v) is 7.69. The molecule has 0 aromatic heterocycles. The van der Waals surface area contributed by atoms with Gasteiger partial charge in [-0.3, -0.25) is 0 Å². The van der Waals surface area contributed by atoms with Crippen molar-refractivity contribution in [3.05, 3.63) is 139 Å². The van der Waals surface area contributed by atoms with E-state index in [1.807, 2.05) is 12.1 Å². The van der Waals surface area contributed by atoms with E-state index >= 15 is 0 Å². The quantitative estimate of drug-likeness (QED) is 0.268. The average Bonchev–Trinajstić information content (AvgIpc) is 3.38. The summed E-state index contributed by atoms with van der Waals surface area (Å²) in [5, 5.41) is 6.10. The molecule has 8 rings (SSSR count). The van der Waals surface area contributed by atoms with Crippen molar-refractivity contribution in [1.82, 2.24) is 0 Å². The predicted molar refractivity (Wildman–Crippen MR) is 156 cm³/mol. The van der Waals surface area contributed by atoms with Crippen molar-refractivity contribution in [2.75, 3.05) is 10.2 Å². The first-order valence-corrected chi connectivity index (χ1v) is 13.0. The van der Waals surface area contributed by atoms with E-state index in [2.05, 4.69) is 132 Å². The summed E-state index contributed by atoms with van der Waals surface area (Å²) in [7, 11) is 0. The largest absolute Gasteiger partial charge is 0.456 e. The Morgan fingerprint density at radius 2 is 1.32 bits per heavy atom. The molecule has 0 amide bonds. The van der Waals surface area contributed by atoms with Crippen LogP contribution < -0.4 is 15.0 Å². The Morgan fingerprint density at radius 3 is 2.21 bits per heavy atom. The SMILES string of the molecule is c1ccc(C2Nc3ccccc3N2c2ccc(-c3ccc4c5c(cccc35)-c3ccccc3O4)cc2)cc1. The maximum absolute atomic E-state index is 6.30. The van der Waals surface area contributed by atoms with Crippen LogP contribution >= 0.6 is 0 Å². The van der Waals surface area contributed by atoms with Gasteiger partial charge in [0, 0.05) is 16.6 Å². The lowest BCUT2D eigenvalue weighted by atomic mass is 9.90. The molecule has 2 aliphatic heterocycles. The summed E-state index contributed by atoms with van der Waals surface area (Å²) >= 11 is 0. The van der Waals surface area contributed by atoms with Gasteiger partial charge in [-0.1, -0.05) is 97.1 Å². The van der Waals surface area contributed by atoms with Gasteiger partial charge in [-0.15, -0.1) is 0 Å². The number of nitrogens with zero attached hydrogens (tertiary/aromatic N) is 1.